The Morgan fingerprint density at radius 1 is 1.33 bits per heavy atom. The SMILES string of the molecule is COC(=O)C1CCc2c(Cl)nc(C3CCN(C)CC3)n2C1. The molecule has 0 radical (unpaired) electrons. The van der Waals surface area contributed by atoms with Gasteiger partial charge in [-0.1, -0.05) is 11.6 Å². The summed E-state index contributed by atoms with van der Waals surface area (Å²) in [6, 6.07) is 0. The molecule has 0 spiro atoms. The molecule has 21 heavy (non-hydrogen) atoms. The molecular weight excluding hydrogens is 290 g/mol. The zero-order valence-corrected chi connectivity index (χ0v) is 13.4. The molecule has 1 atom stereocenters. The minimum absolute atomic E-state index is 0.0715. The largest absolute Gasteiger partial charge is 0.469 e. The number of piperidine rings is 1. The third kappa shape index (κ3) is 2.81. The molecule has 0 amide bonds. The second kappa shape index (κ2) is 5.97. The Bertz CT molecular complexity index is 535. The van der Waals surface area contributed by atoms with E-state index in [1.54, 1.807) is 0 Å². The molecule has 1 aromatic heterocycles. The molecule has 5 nitrogen and oxygen atoms in total. The number of halogens is 1. The lowest BCUT2D eigenvalue weighted by Crippen LogP contribution is -2.32. The summed E-state index contributed by atoms with van der Waals surface area (Å²) in [5.41, 5.74) is 1.09. The molecule has 1 fully saturated rings. The monoisotopic (exact) mass is 311 g/mol. The second-order valence-electron chi connectivity index (χ2n) is 6.15. The fourth-order valence-corrected chi connectivity index (χ4v) is 3.76. The molecule has 2 aliphatic heterocycles. The summed E-state index contributed by atoms with van der Waals surface area (Å²) in [6.07, 6.45) is 3.81. The van der Waals surface area contributed by atoms with Gasteiger partial charge in [-0.2, -0.15) is 0 Å². The van der Waals surface area contributed by atoms with Crippen LogP contribution >= 0.6 is 11.6 Å². The number of ether oxygens (including phenoxy) is 1. The third-order valence-electron chi connectivity index (χ3n) is 4.80. The van der Waals surface area contributed by atoms with Gasteiger partial charge in [0.05, 0.1) is 18.7 Å². The topological polar surface area (TPSA) is 47.4 Å². The van der Waals surface area contributed by atoms with Crippen molar-refractivity contribution in [3.63, 3.8) is 0 Å². The average molecular weight is 312 g/mol. The normalized spacial score (nSPS) is 23.9. The van der Waals surface area contributed by atoms with Gasteiger partial charge in [-0.3, -0.25) is 4.79 Å². The van der Waals surface area contributed by atoms with Gasteiger partial charge in [-0.15, -0.1) is 0 Å². The summed E-state index contributed by atoms with van der Waals surface area (Å²) >= 11 is 6.31. The lowest BCUT2D eigenvalue weighted by molar-refractivity contribution is -0.146. The molecule has 0 aromatic carbocycles. The van der Waals surface area contributed by atoms with E-state index >= 15 is 0 Å². The molecular formula is C15H22ClN3O2. The van der Waals surface area contributed by atoms with Gasteiger partial charge in [0.25, 0.3) is 0 Å². The number of likely N-dealkylation sites (tertiary alicyclic amines) is 1. The van der Waals surface area contributed by atoms with E-state index in [0.29, 0.717) is 17.6 Å². The molecule has 0 bridgehead atoms. The van der Waals surface area contributed by atoms with Gasteiger partial charge in [0, 0.05) is 12.5 Å². The Balaban J connectivity index is 1.85. The molecule has 1 unspecified atom stereocenters. The van der Waals surface area contributed by atoms with Gasteiger partial charge in [0.1, 0.15) is 5.82 Å². The standard InChI is InChI=1S/C15H22ClN3O2/c1-18-7-5-10(6-8-18)14-17-13(16)12-4-3-11(9-19(12)14)15(20)21-2/h10-11H,3-9H2,1-2H3. The zero-order chi connectivity index (χ0) is 15.0. The van der Waals surface area contributed by atoms with Crippen LogP contribution in [0, 0.1) is 5.92 Å². The Labute approximate surface area is 130 Å². The summed E-state index contributed by atoms with van der Waals surface area (Å²) in [4.78, 5) is 18.8. The number of hydrogen-bond acceptors (Lipinski definition) is 4. The maximum Gasteiger partial charge on any atom is 0.310 e. The highest BCUT2D eigenvalue weighted by Crippen LogP contribution is 2.34. The van der Waals surface area contributed by atoms with Crippen molar-refractivity contribution < 1.29 is 9.53 Å². The van der Waals surface area contributed by atoms with Crippen molar-refractivity contribution in [3.05, 3.63) is 16.7 Å². The summed E-state index contributed by atoms with van der Waals surface area (Å²) < 4.78 is 7.08. The van der Waals surface area contributed by atoms with Gasteiger partial charge < -0.3 is 14.2 Å². The number of methoxy groups -OCH3 is 1. The van der Waals surface area contributed by atoms with Crippen LogP contribution in [0.25, 0.3) is 0 Å². The number of carbonyl (C=O) groups excluding carboxylic acids is 1. The first kappa shape index (κ1) is 14.9. The highest BCUT2D eigenvalue weighted by molar-refractivity contribution is 6.30. The van der Waals surface area contributed by atoms with Crippen LogP contribution in [0.4, 0.5) is 0 Å². The number of hydrogen-bond donors (Lipinski definition) is 0. The van der Waals surface area contributed by atoms with Crippen LogP contribution in [0.2, 0.25) is 5.15 Å². The molecule has 116 valence electrons. The van der Waals surface area contributed by atoms with E-state index in [1.165, 1.54) is 7.11 Å². The van der Waals surface area contributed by atoms with Crippen molar-refractivity contribution >= 4 is 17.6 Å². The average Bonchev–Trinajstić information content (AvgIpc) is 2.84. The Morgan fingerprint density at radius 3 is 2.71 bits per heavy atom. The minimum atomic E-state index is -0.125. The van der Waals surface area contributed by atoms with Gasteiger partial charge in [-0.05, 0) is 45.8 Å². The molecule has 6 heteroatoms. The quantitative estimate of drug-likeness (QED) is 0.785. The summed E-state index contributed by atoms with van der Waals surface area (Å²) in [5.74, 6) is 1.32. The minimum Gasteiger partial charge on any atom is -0.469 e. The third-order valence-corrected chi connectivity index (χ3v) is 5.11. The van der Waals surface area contributed by atoms with E-state index in [9.17, 15) is 4.79 Å². The van der Waals surface area contributed by atoms with Crippen LogP contribution < -0.4 is 0 Å². The van der Waals surface area contributed by atoms with E-state index in [-0.39, 0.29) is 11.9 Å². The predicted molar refractivity (Wildman–Crippen MR) is 80.5 cm³/mol. The van der Waals surface area contributed by atoms with Crippen molar-refractivity contribution in [3.8, 4) is 0 Å². The van der Waals surface area contributed by atoms with Crippen molar-refractivity contribution in [1.82, 2.24) is 14.5 Å². The van der Waals surface area contributed by atoms with Gasteiger partial charge in [-0.25, -0.2) is 4.98 Å². The van der Waals surface area contributed by atoms with Crippen LogP contribution in [0.15, 0.2) is 0 Å². The molecule has 2 aliphatic rings. The summed E-state index contributed by atoms with van der Waals surface area (Å²) in [5, 5.41) is 0.618. The van der Waals surface area contributed by atoms with Crippen LogP contribution in [0.1, 0.15) is 36.7 Å². The lowest BCUT2D eigenvalue weighted by atomic mass is 9.94. The summed E-state index contributed by atoms with van der Waals surface area (Å²) in [6.45, 7) is 2.83. The number of rotatable bonds is 2. The Kier molecular flexibility index (Phi) is 4.22. The van der Waals surface area contributed by atoms with Crippen molar-refractivity contribution in [2.75, 3.05) is 27.2 Å². The van der Waals surface area contributed by atoms with Crippen molar-refractivity contribution in [2.45, 2.75) is 38.1 Å². The molecule has 3 rings (SSSR count). The molecule has 3 heterocycles. The number of imidazole rings is 1. The lowest BCUT2D eigenvalue weighted by Gasteiger charge is -2.30. The highest BCUT2D eigenvalue weighted by Gasteiger charge is 2.32. The van der Waals surface area contributed by atoms with Gasteiger partial charge >= 0.3 is 5.97 Å². The molecule has 0 saturated carbocycles. The molecule has 1 aromatic rings. The smallest absolute Gasteiger partial charge is 0.310 e. The van der Waals surface area contributed by atoms with Crippen LogP contribution in [-0.2, 0) is 22.5 Å². The van der Waals surface area contributed by atoms with Crippen LogP contribution in [0.5, 0.6) is 0 Å². The molecule has 1 saturated heterocycles. The first-order chi connectivity index (χ1) is 10.1. The fourth-order valence-electron chi connectivity index (χ4n) is 3.48. The number of nitrogens with zero attached hydrogens (tertiary/aromatic N) is 3. The zero-order valence-electron chi connectivity index (χ0n) is 12.6. The first-order valence-corrected chi connectivity index (χ1v) is 7.99. The molecule has 0 N–H and O–H groups in total. The summed E-state index contributed by atoms with van der Waals surface area (Å²) in [7, 11) is 3.61. The van der Waals surface area contributed by atoms with Crippen molar-refractivity contribution in [2.24, 2.45) is 5.92 Å². The highest BCUT2D eigenvalue weighted by atomic mass is 35.5. The van der Waals surface area contributed by atoms with E-state index in [0.717, 1.165) is 50.3 Å². The Hall–Kier alpha value is -1.07. The molecule has 0 aliphatic carbocycles. The second-order valence-corrected chi connectivity index (χ2v) is 6.51. The predicted octanol–water partition coefficient (Wildman–Crippen LogP) is 2.08. The Morgan fingerprint density at radius 2 is 2.05 bits per heavy atom. The van der Waals surface area contributed by atoms with E-state index in [2.05, 4.69) is 21.5 Å². The number of carbonyl (C=O) groups is 1. The maximum absolute atomic E-state index is 11.8. The van der Waals surface area contributed by atoms with Crippen LogP contribution in [-0.4, -0.2) is 47.7 Å². The number of aromatic nitrogens is 2. The van der Waals surface area contributed by atoms with Gasteiger partial charge in [0.2, 0.25) is 0 Å². The van der Waals surface area contributed by atoms with Gasteiger partial charge in [0.15, 0.2) is 5.15 Å². The van der Waals surface area contributed by atoms with E-state index in [1.807, 2.05) is 0 Å². The van der Waals surface area contributed by atoms with E-state index < -0.39 is 0 Å². The number of esters is 1. The number of fused-ring (bicyclic) bond motifs is 1. The van der Waals surface area contributed by atoms with E-state index in [4.69, 9.17) is 16.3 Å². The first-order valence-electron chi connectivity index (χ1n) is 7.61. The maximum atomic E-state index is 11.8. The van der Waals surface area contributed by atoms with Crippen molar-refractivity contribution in [1.29, 1.82) is 0 Å². The fraction of sp³-hybridized carbons (Fsp3) is 0.733. The van der Waals surface area contributed by atoms with Crippen LogP contribution in [0.3, 0.4) is 0 Å².